The summed E-state index contributed by atoms with van der Waals surface area (Å²) in [7, 11) is 0. The van der Waals surface area contributed by atoms with E-state index in [1.165, 1.54) is 24.2 Å². The van der Waals surface area contributed by atoms with Crippen LogP contribution in [0.25, 0.3) is 0 Å². The maximum absolute atomic E-state index is 9.10. The number of rotatable bonds is 4. The summed E-state index contributed by atoms with van der Waals surface area (Å²) in [5.74, 6) is 1.05. The number of imidazole rings is 1. The summed E-state index contributed by atoms with van der Waals surface area (Å²) in [5, 5.41) is 12.3. The van der Waals surface area contributed by atoms with E-state index in [0.29, 0.717) is 0 Å². The minimum Gasteiger partial charge on any atom is -0.329 e. The molecular weight excluding hydrogens is 212 g/mol. The maximum atomic E-state index is 9.10. The number of fused-ring (bicyclic) bond motifs is 1. The predicted molar refractivity (Wildman–Crippen MR) is 66.7 cm³/mol. The molecule has 92 valence electrons. The van der Waals surface area contributed by atoms with Gasteiger partial charge in [-0.1, -0.05) is 6.92 Å². The van der Waals surface area contributed by atoms with Gasteiger partial charge in [0, 0.05) is 5.69 Å². The molecule has 1 aliphatic carbocycles. The van der Waals surface area contributed by atoms with Crippen molar-refractivity contribution in [2.45, 2.75) is 52.1 Å². The number of nitrogens with zero attached hydrogens (tertiary/aromatic N) is 3. The molecule has 4 heteroatoms. The minimum atomic E-state index is -0.112. The molecule has 0 spiro atoms. The molecule has 0 saturated carbocycles. The quantitative estimate of drug-likeness (QED) is 0.857. The Labute approximate surface area is 103 Å². The molecule has 0 fully saturated rings. The Hall–Kier alpha value is -1.34. The van der Waals surface area contributed by atoms with Crippen LogP contribution in [0.4, 0.5) is 0 Å². The first-order chi connectivity index (χ1) is 8.26. The number of hydrogen-bond acceptors (Lipinski definition) is 3. The van der Waals surface area contributed by atoms with Crippen molar-refractivity contribution in [2.75, 3.05) is 6.54 Å². The molecule has 0 amide bonds. The topological polar surface area (TPSA) is 53.6 Å². The van der Waals surface area contributed by atoms with Gasteiger partial charge in [-0.3, -0.25) is 0 Å². The van der Waals surface area contributed by atoms with Crippen molar-refractivity contribution in [1.82, 2.24) is 14.9 Å². The van der Waals surface area contributed by atoms with E-state index >= 15 is 0 Å². The third-order valence-electron chi connectivity index (χ3n) is 3.39. The minimum absolute atomic E-state index is 0.112. The fraction of sp³-hybridized carbons (Fsp3) is 0.692. The molecular formula is C13H20N4. The summed E-state index contributed by atoms with van der Waals surface area (Å²) in [6.45, 7) is 5.62. The summed E-state index contributed by atoms with van der Waals surface area (Å²) < 4.78 is 2.23. The Balaban J connectivity index is 2.20. The van der Waals surface area contributed by atoms with Crippen molar-refractivity contribution in [2.24, 2.45) is 0 Å². The summed E-state index contributed by atoms with van der Waals surface area (Å²) in [5.41, 5.74) is 2.61. The average Bonchev–Trinajstić information content (AvgIpc) is 2.65. The molecule has 0 saturated heterocycles. The molecule has 1 heterocycles. The molecule has 0 aromatic carbocycles. The lowest BCUT2D eigenvalue weighted by Crippen LogP contribution is -2.32. The van der Waals surface area contributed by atoms with Gasteiger partial charge in [-0.2, -0.15) is 5.26 Å². The van der Waals surface area contributed by atoms with Gasteiger partial charge in [0.1, 0.15) is 11.9 Å². The summed E-state index contributed by atoms with van der Waals surface area (Å²) in [4.78, 5) is 4.62. The van der Waals surface area contributed by atoms with Gasteiger partial charge in [-0.05, 0) is 39.2 Å². The van der Waals surface area contributed by atoms with E-state index in [4.69, 9.17) is 5.26 Å². The smallest absolute Gasteiger partial charge is 0.113 e. The Bertz CT molecular complexity index is 427. The molecule has 1 N–H and O–H groups in total. The molecule has 2 rings (SSSR count). The predicted octanol–water partition coefficient (Wildman–Crippen LogP) is 1.57. The van der Waals surface area contributed by atoms with Crippen LogP contribution in [0.2, 0.25) is 0 Å². The fourth-order valence-corrected chi connectivity index (χ4v) is 2.56. The van der Waals surface area contributed by atoms with Gasteiger partial charge in [0.15, 0.2) is 0 Å². The molecule has 1 aromatic heterocycles. The van der Waals surface area contributed by atoms with Crippen LogP contribution >= 0.6 is 0 Å². The lowest BCUT2D eigenvalue weighted by molar-refractivity contribution is 0.508. The SMILES string of the molecule is CCNC(C#N)Cn1c(C)nc2c1CCCC2. The van der Waals surface area contributed by atoms with Crippen molar-refractivity contribution < 1.29 is 0 Å². The van der Waals surface area contributed by atoms with Crippen molar-refractivity contribution in [3.63, 3.8) is 0 Å². The molecule has 4 nitrogen and oxygen atoms in total. The van der Waals surface area contributed by atoms with E-state index in [-0.39, 0.29) is 6.04 Å². The summed E-state index contributed by atoms with van der Waals surface area (Å²) in [6, 6.07) is 2.20. The van der Waals surface area contributed by atoms with Crippen molar-refractivity contribution in [3.8, 4) is 6.07 Å². The molecule has 17 heavy (non-hydrogen) atoms. The van der Waals surface area contributed by atoms with Crippen molar-refractivity contribution in [1.29, 1.82) is 5.26 Å². The first-order valence-corrected chi connectivity index (χ1v) is 6.44. The normalized spacial score (nSPS) is 16.3. The Morgan fingerprint density at radius 2 is 2.24 bits per heavy atom. The van der Waals surface area contributed by atoms with E-state index < -0.39 is 0 Å². The fourth-order valence-electron chi connectivity index (χ4n) is 2.56. The monoisotopic (exact) mass is 232 g/mol. The number of likely N-dealkylation sites (N-methyl/N-ethyl adjacent to an activating group) is 1. The van der Waals surface area contributed by atoms with E-state index in [1.807, 2.05) is 13.8 Å². The molecule has 1 atom stereocenters. The Morgan fingerprint density at radius 1 is 1.47 bits per heavy atom. The van der Waals surface area contributed by atoms with E-state index in [2.05, 4.69) is 20.9 Å². The van der Waals surface area contributed by atoms with Gasteiger partial charge in [0.25, 0.3) is 0 Å². The number of aryl methyl sites for hydroxylation is 2. The molecule has 0 aliphatic heterocycles. The number of nitriles is 1. The summed E-state index contributed by atoms with van der Waals surface area (Å²) >= 11 is 0. The highest BCUT2D eigenvalue weighted by molar-refractivity contribution is 5.20. The molecule has 1 aromatic rings. The van der Waals surface area contributed by atoms with Gasteiger partial charge >= 0.3 is 0 Å². The highest BCUT2D eigenvalue weighted by Crippen LogP contribution is 2.22. The first kappa shape index (κ1) is 12.1. The molecule has 0 bridgehead atoms. The van der Waals surface area contributed by atoms with Crippen LogP contribution in [-0.4, -0.2) is 22.1 Å². The lowest BCUT2D eigenvalue weighted by atomic mass is 10.0. The van der Waals surface area contributed by atoms with Crippen LogP contribution in [0.1, 0.15) is 37.0 Å². The van der Waals surface area contributed by atoms with E-state index in [9.17, 15) is 0 Å². The first-order valence-electron chi connectivity index (χ1n) is 6.44. The summed E-state index contributed by atoms with van der Waals surface area (Å²) in [6.07, 6.45) is 4.71. The van der Waals surface area contributed by atoms with E-state index in [0.717, 1.165) is 31.8 Å². The highest BCUT2D eigenvalue weighted by Gasteiger charge is 2.19. The Kier molecular flexibility index (Phi) is 3.80. The van der Waals surface area contributed by atoms with Gasteiger partial charge in [0.2, 0.25) is 0 Å². The van der Waals surface area contributed by atoms with Crippen LogP contribution in [0.5, 0.6) is 0 Å². The number of aromatic nitrogens is 2. The second-order valence-electron chi connectivity index (χ2n) is 4.61. The highest BCUT2D eigenvalue weighted by atomic mass is 15.1. The second kappa shape index (κ2) is 5.33. The maximum Gasteiger partial charge on any atom is 0.113 e. The zero-order valence-electron chi connectivity index (χ0n) is 10.7. The third kappa shape index (κ3) is 2.50. The van der Waals surface area contributed by atoms with Gasteiger partial charge < -0.3 is 9.88 Å². The molecule has 1 aliphatic rings. The molecule has 1 unspecified atom stereocenters. The van der Waals surface area contributed by atoms with Crippen LogP contribution in [0, 0.1) is 18.3 Å². The lowest BCUT2D eigenvalue weighted by Gasteiger charge is -2.17. The van der Waals surface area contributed by atoms with Crippen molar-refractivity contribution in [3.05, 3.63) is 17.2 Å². The zero-order chi connectivity index (χ0) is 12.3. The van der Waals surface area contributed by atoms with Gasteiger partial charge in [0.05, 0.1) is 18.3 Å². The van der Waals surface area contributed by atoms with Gasteiger partial charge in [-0.15, -0.1) is 0 Å². The third-order valence-corrected chi connectivity index (χ3v) is 3.39. The van der Waals surface area contributed by atoms with Crippen LogP contribution in [0.3, 0.4) is 0 Å². The largest absolute Gasteiger partial charge is 0.329 e. The molecule has 0 radical (unpaired) electrons. The second-order valence-corrected chi connectivity index (χ2v) is 4.61. The van der Waals surface area contributed by atoms with Crippen LogP contribution < -0.4 is 5.32 Å². The number of hydrogen-bond donors (Lipinski definition) is 1. The average molecular weight is 232 g/mol. The zero-order valence-corrected chi connectivity index (χ0v) is 10.7. The number of nitrogens with one attached hydrogen (secondary N) is 1. The van der Waals surface area contributed by atoms with Crippen LogP contribution in [0.15, 0.2) is 0 Å². The van der Waals surface area contributed by atoms with E-state index in [1.54, 1.807) is 0 Å². The standard InChI is InChI=1S/C13H20N4/c1-3-15-11(8-14)9-17-10(2)16-12-6-4-5-7-13(12)17/h11,15H,3-7,9H2,1-2H3. The van der Waals surface area contributed by atoms with Gasteiger partial charge in [-0.25, -0.2) is 4.98 Å². The van der Waals surface area contributed by atoms with Crippen molar-refractivity contribution >= 4 is 0 Å². The Morgan fingerprint density at radius 3 is 2.94 bits per heavy atom. The van der Waals surface area contributed by atoms with Crippen LogP contribution in [-0.2, 0) is 19.4 Å².